The van der Waals surface area contributed by atoms with Gasteiger partial charge < -0.3 is 0 Å². The Balaban J connectivity index is 3.08. The fourth-order valence-electron chi connectivity index (χ4n) is 1.12. The molecule has 72 valence electrons. The van der Waals surface area contributed by atoms with Gasteiger partial charge in [0.2, 0.25) is 0 Å². The van der Waals surface area contributed by atoms with Gasteiger partial charge in [0.25, 0.3) is 0 Å². The van der Waals surface area contributed by atoms with Crippen molar-refractivity contribution in [3.05, 3.63) is 12.2 Å². The van der Waals surface area contributed by atoms with Gasteiger partial charge >= 0.3 is 0 Å². The van der Waals surface area contributed by atoms with Crippen molar-refractivity contribution in [2.45, 2.75) is 51.7 Å². The van der Waals surface area contributed by atoms with Crippen LogP contribution in [-0.2, 0) is 0 Å². The third-order valence-corrected chi connectivity index (χ3v) is 3.05. The van der Waals surface area contributed by atoms with Crippen molar-refractivity contribution in [2.24, 2.45) is 0 Å². The van der Waals surface area contributed by atoms with Gasteiger partial charge in [-0.2, -0.15) is 11.8 Å². The van der Waals surface area contributed by atoms with E-state index in [2.05, 4.69) is 44.7 Å². The SMILES string of the molecule is C/C=C/[C@@H](C)SCCCCCC. The van der Waals surface area contributed by atoms with E-state index in [4.69, 9.17) is 0 Å². The number of allylic oxidation sites excluding steroid dienone is 1. The minimum atomic E-state index is 0.705. The molecule has 0 bridgehead atoms. The van der Waals surface area contributed by atoms with Crippen LogP contribution in [0, 0.1) is 0 Å². The number of hydrogen-bond acceptors (Lipinski definition) is 1. The van der Waals surface area contributed by atoms with Crippen molar-refractivity contribution in [3.8, 4) is 0 Å². The summed E-state index contributed by atoms with van der Waals surface area (Å²) < 4.78 is 0. The first kappa shape index (κ1) is 12.1. The first-order valence-electron chi connectivity index (χ1n) is 5.05. The largest absolute Gasteiger partial charge is 0.155 e. The smallest absolute Gasteiger partial charge is 0.0198 e. The summed E-state index contributed by atoms with van der Waals surface area (Å²) in [5.41, 5.74) is 0. The fraction of sp³-hybridized carbons (Fsp3) is 0.818. The van der Waals surface area contributed by atoms with Crippen LogP contribution in [0.15, 0.2) is 12.2 Å². The maximum Gasteiger partial charge on any atom is 0.0198 e. The lowest BCUT2D eigenvalue weighted by Crippen LogP contribution is -1.92. The Hall–Kier alpha value is 0.0900. The maximum absolute atomic E-state index is 2.27. The zero-order valence-electron chi connectivity index (χ0n) is 8.68. The molecule has 0 aliphatic carbocycles. The molecule has 0 unspecified atom stereocenters. The van der Waals surface area contributed by atoms with Crippen molar-refractivity contribution >= 4 is 11.8 Å². The summed E-state index contributed by atoms with van der Waals surface area (Å²) in [6.45, 7) is 6.62. The Kier molecular flexibility index (Phi) is 9.25. The Morgan fingerprint density at radius 3 is 2.58 bits per heavy atom. The van der Waals surface area contributed by atoms with E-state index in [1.165, 1.54) is 31.4 Å². The summed E-state index contributed by atoms with van der Waals surface area (Å²) in [5.74, 6) is 1.32. The molecule has 0 saturated carbocycles. The fourth-order valence-corrected chi connectivity index (χ4v) is 2.14. The standard InChI is InChI=1S/C11H22S/c1-4-6-7-8-10-12-11(3)9-5-2/h5,9,11H,4,6-8,10H2,1-3H3/b9-5+/t11-/m1/s1. The van der Waals surface area contributed by atoms with E-state index in [-0.39, 0.29) is 0 Å². The van der Waals surface area contributed by atoms with Gasteiger partial charge in [-0.25, -0.2) is 0 Å². The van der Waals surface area contributed by atoms with Crippen molar-refractivity contribution in [3.63, 3.8) is 0 Å². The molecule has 12 heavy (non-hydrogen) atoms. The quantitative estimate of drug-likeness (QED) is 0.423. The van der Waals surface area contributed by atoms with Gasteiger partial charge in [-0.3, -0.25) is 0 Å². The van der Waals surface area contributed by atoms with Crippen molar-refractivity contribution in [2.75, 3.05) is 5.75 Å². The first-order chi connectivity index (χ1) is 5.81. The molecular formula is C11H22S. The molecule has 1 heteroatoms. The highest BCUT2D eigenvalue weighted by Gasteiger charge is 1.95. The molecule has 0 amide bonds. The molecule has 0 aromatic rings. The summed E-state index contributed by atoms with van der Waals surface area (Å²) in [6, 6.07) is 0. The zero-order valence-corrected chi connectivity index (χ0v) is 9.49. The molecule has 0 heterocycles. The lowest BCUT2D eigenvalue weighted by atomic mass is 10.2. The average Bonchev–Trinajstić information content (AvgIpc) is 2.05. The van der Waals surface area contributed by atoms with Crippen molar-refractivity contribution in [1.82, 2.24) is 0 Å². The van der Waals surface area contributed by atoms with Crippen molar-refractivity contribution < 1.29 is 0 Å². The van der Waals surface area contributed by atoms with Crippen LogP contribution in [0.3, 0.4) is 0 Å². The average molecular weight is 186 g/mol. The molecule has 0 aliphatic heterocycles. The van der Waals surface area contributed by atoms with E-state index in [9.17, 15) is 0 Å². The molecule has 0 fully saturated rings. The van der Waals surface area contributed by atoms with Crippen LogP contribution in [0.25, 0.3) is 0 Å². The molecule has 0 radical (unpaired) electrons. The van der Waals surface area contributed by atoms with Crippen LogP contribution >= 0.6 is 11.8 Å². The Morgan fingerprint density at radius 2 is 2.00 bits per heavy atom. The topological polar surface area (TPSA) is 0 Å². The Bertz CT molecular complexity index is 108. The van der Waals surface area contributed by atoms with E-state index in [0.717, 1.165) is 0 Å². The van der Waals surface area contributed by atoms with E-state index in [1.807, 2.05) is 0 Å². The van der Waals surface area contributed by atoms with Gasteiger partial charge in [0, 0.05) is 5.25 Å². The van der Waals surface area contributed by atoms with Crippen LogP contribution in [0.5, 0.6) is 0 Å². The summed E-state index contributed by atoms with van der Waals surface area (Å²) in [5, 5.41) is 0.705. The van der Waals surface area contributed by atoms with Crippen LogP contribution in [-0.4, -0.2) is 11.0 Å². The van der Waals surface area contributed by atoms with Gasteiger partial charge in [-0.05, 0) is 26.0 Å². The minimum Gasteiger partial charge on any atom is -0.155 e. The van der Waals surface area contributed by atoms with E-state index >= 15 is 0 Å². The number of rotatable bonds is 7. The minimum absolute atomic E-state index is 0.705. The summed E-state index contributed by atoms with van der Waals surface area (Å²) in [4.78, 5) is 0. The molecule has 1 atom stereocenters. The van der Waals surface area contributed by atoms with Crippen LogP contribution in [0.1, 0.15) is 46.5 Å². The van der Waals surface area contributed by atoms with Crippen LogP contribution in [0.4, 0.5) is 0 Å². The monoisotopic (exact) mass is 186 g/mol. The lowest BCUT2D eigenvalue weighted by Gasteiger charge is -2.04. The molecule has 0 spiro atoms. The number of unbranched alkanes of at least 4 members (excludes halogenated alkanes) is 3. The van der Waals surface area contributed by atoms with E-state index in [0.29, 0.717) is 5.25 Å². The van der Waals surface area contributed by atoms with Crippen molar-refractivity contribution in [1.29, 1.82) is 0 Å². The van der Waals surface area contributed by atoms with Gasteiger partial charge in [0.1, 0.15) is 0 Å². The molecule has 0 aromatic heterocycles. The van der Waals surface area contributed by atoms with Crippen LogP contribution in [0.2, 0.25) is 0 Å². The zero-order chi connectivity index (χ0) is 9.23. The Labute approximate surface area is 81.8 Å². The third-order valence-electron chi connectivity index (χ3n) is 1.84. The van der Waals surface area contributed by atoms with E-state index in [1.54, 1.807) is 0 Å². The van der Waals surface area contributed by atoms with Gasteiger partial charge in [0.05, 0.1) is 0 Å². The predicted molar refractivity (Wildman–Crippen MR) is 60.9 cm³/mol. The second-order valence-electron chi connectivity index (χ2n) is 3.16. The van der Waals surface area contributed by atoms with Gasteiger partial charge in [-0.1, -0.05) is 38.3 Å². The second-order valence-corrected chi connectivity index (χ2v) is 4.65. The lowest BCUT2D eigenvalue weighted by molar-refractivity contribution is 0.706. The van der Waals surface area contributed by atoms with Crippen LogP contribution < -0.4 is 0 Å². The highest BCUT2D eigenvalue weighted by atomic mass is 32.2. The predicted octanol–water partition coefficient (Wildman–Crippen LogP) is 4.26. The first-order valence-corrected chi connectivity index (χ1v) is 6.10. The highest BCUT2D eigenvalue weighted by molar-refractivity contribution is 8.00. The normalized spacial score (nSPS) is 13.9. The molecule has 0 rings (SSSR count). The molecule has 0 saturated heterocycles. The molecular weight excluding hydrogens is 164 g/mol. The van der Waals surface area contributed by atoms with Gasteiger partial charge in [0.15, 0.2) is 0 Å². The highest BCUT2D eigenvalue weighted by Crippen LogP contribution is 2.14. The second kappa shape index (κ2) is 9.18. The third kappa shape index (κ3) is 8.19. The maximum atomic E-state index is 2.27. The summed E-state index contributed by atoms with van der Waals surface area (Å²) >= 11 is 2.06. The summed E-state index contributed by atoms with van der Waals surface area (Å²) in [6.07, 6.45) is 9.95. The van der Waals surface area contributed by atoms with Gasteiger partial charge in [-0.15, -0.1) is 0 Å². The molecule has 0 aliphatic rings. The number of thioether (sulfide) groups is 1. The molecule has 0 aromatic carbocycles. The van der Waals surface area contributed by atoms with E-state index < -0.39 is 0 Å². The Morgan fingerprint density at radius 1 is 1.25 bits per heavy atom. The molecule has 0 N–H and O–H groups in total. The number of hydrogen-bond donors (Lipinski definition) is 0. The summed E-state index contributed by atoms with van der Waals surface area (Å²) in [7, 11) is 0. The molecule has 0 nitrogen and oxygen atoms in total.